The van der Waals surface area contributed by atoms with Crippen molar-refractivity contribution in [2.75, 3.05) is 13.2 Å². The van der Waals surface area contributed by atoms with Crippen LogP contribution in [-0.4, -0.2) is 19.1 Å². The largest absolute Gasteiger partial charge is 0.494 e. The number of hydrogen-bond donors (Lipinski definition) is 1. The van der Waals surface area contributed by atoms with E-state index in [4.69, 9.17) is 4.74 Å². The Balaban J connectivity index is 1.61. The van der Waals surface area contributed by atoms with Gasteiger partial charge in [0, 0.05) is 17.4 Å². The monoisotopic (exact) mass is 375 g/mol. The number of benzene rings is 2. The lowest BCUT2D eigenvalue weighted by atomic mass is 10.0. The summed E-state index contributed by atoms with van der Waals surface area (Å²) in [5.41, 5.74) is 1.24. The van der Waals surface area contributed by atoms with Gasteiger partial charge >= 0.3 is 0 Å². The lowest BCUT2D eigenvalue weighted by Crippen LogP contribution is -2.27. The number of hydrogen-bond acceptors (Lipinski definition) is 2. The van der Waals surface area contributed by atoms with Gasteiger partial charge in [-0.2, -0.15) is 0 Å². The first-order valence-corrected chi connectivity index (χ1v) is 8.64. The van der Waals surface area contributed by atoms with Gasteiger partial charge in [0.2, 0.25) is 5.91 Å². The molecular weight excluding hydrogens is 354 g/mol. The Morgan fingerprint density at radius 3 is 2.52 bits per heavy atom. The number of amides is 1. The molecule has 0 aliphatic rings. The van der Waals surface area contributed by atoms with Crippen molar-refractivity contribution in [3.05, 3.63) is 64.6 Å². The highest BCUT2D eigenvalue weighted by molar-refractivity contribution is 9.10. The Hall–Kier alpha value is -1.81. The Morgan fingerprint density at radius 2 is 1.83 bits per heavy atom. The third-order valence-electron chi connectivity index (χ3n) is 3.60. The third-order valence-corrected chi connectivity index (χ3v) is 4.13. The van der Waals surface area contributed by atoms with Crippen molar-refractivity contribution < 1.29 is 9.53 Å². The lowest BCUT2D eigenvalue weighted by molar-refractivity contribution is -0.121. The van der Waals surface area contributed by atoms with E-state index in [1.54, 1.807) is 0 Å². The molecule has 122 valence electrons. The van der Waals surface area contributed by atoms with Gasteiger partial charge in [0.05, 0.1) is 6.61 Å². The normalized spacial score (nSPS) is 11.7. The minimum atomic E-state index is 0.0761. The van der Waals surface area contributed by atoms with Crippen LogP contribution >= 0.6 is 15.9 Å². The molecule has 1 atom stereocenters. The summed E-state index contributed by atoms with van der Waals surface area (Å²) in [5, 5.41) is 2.99. The van der Waals surface area contributed by atoms with E-state index in [2.05, 4.69) is 40.3 Å². The molecule has 0 heterocycles. The smallest absolute Gasteiger partial charge is 0.220 e. The predicted octanol–water partition coefficient (Wildman–Crippen LogP) is 4.53. The van der Waals surface area contributed by atoms with Crippen molar-refractivity contribution in [2.24, 2.45) is 0 Å². The second-order valence-electron chi connectivity index (χ2n) is 5.52. The Bertz CT molecular complexity index is 599. The highest BCUT2D eigenvalue weighted by atomic mass is 79.9. The summed E-state index contributed by atoms with van der Waals surface area (Å²) in [6.07, 6.45) is 1.19. The van der Waals surface area contributed by atoms with Crippen LogP contribution in [0.1, 0.15) is 31.2 Å². The molecule has 0 spiro atoms. The first kappa shape index (κ1) is 17.5. The van der Waals surface area contributed by atoms with Gasteiger partial charge in [-0.15, -0.1) is 0 Å². The average Bonchev–Trinajstić information content (AvgIpc) is 2.59. The Kier molecular flexibility index (Phi) is 7.14. The van der Waals surface area contributed by atoms with Gasteiger partial charge in [0.1, 0.15) is 5.75 Å². The van der Waals surface area contributed by atoms with Gasteiger partial charge in [-0.05, 0) is 42.2 Å². The van der Waals surface area contributed by atoms with E-state index < -0.39 is 0 Å². The summed E-state index contributed by atoms with van der Waals surface area (Å²) in [4.78, 5) is 11.9. The SMILES string of the molecule is C[C@@H](CNC(=O)CCCOc1ccc(Br)cc1)c1ccccc1. The van der Waals surface area contributed by atoms with Crippen LogP contribution < -0.4 is 10.1 Å². The van der Waals surface area contributed by atoms with Gasteiger partial charge in [-0.1, -0.05) is 53.2 Å². The quantitative estimate of drug-likeness (QED) is 0.688. The molecule has 4 heteroatoms. The molecule has 2 aromatic carbocycles. The highest BCUT2D eigenvalue weighted by Gasteiger charge is 2.07. The number of halogens is 1. The van der Waals surface area contributed by atoms with E-state index in [9.17, 15) is 4.79 Å². The standard InChI is InChI=1S/C19H22BrNO2/c1-15(16-6-3-2-4-7-16)14-21-19(22)8-5-13-23-18-11-9-17(20)10-12-18/h2-4,6-7,9-12,15H,5,8,13-14H2,1H3,(H,21,22)/t15-/m0/s1. The van der Waals surface area contributed by atoms with Crippen LogP contribution in [0.4, 0.5) is 0 Å². The van der Waals surface area contributed by atoms with Crippen LogP contribution in [0, 0.1) is 0 Å². The number of ether oxygens (including phenoxy) is 1. The maximum atomic E-state index is 11.9. The number of rotatable bonds is 8. The predicted molar refractivity (Wildman–Crippen MR) is 96.7 cm³/mol. The fourth-order valence-electron chi connectivity index (χ4n) is 2.21. The van der Waals surface area contributed by atoms with Crippen molar-refractivity contribution >= 4 is 21.8 Å². The Morgan fingerprint density at radius 1 is 1.13 bits per heavy atom. The van der Waals surface area contributed by atoms with E-state index in [0.717, 1.165) is 10.2 Å². The zero-order valence-corrected chi connectivity index (χ0v) is 14.9. The van der Waals surface area contributed by atoms with E-state index in [1.807, 2.05) is 42.5 Å². The molecule has 3 nitrogen and oxygen atoms in total. The minimum Gasteiger partial charge on any atom is -0.494 e. The first-order chi connectivity index (χ1) is 11.1. The van der Waals surface area contributed by atoms with Crippen molar-refractivity contribution in [2.45, 2.75) is 25.7 Å². The molecule has 0 aliphatic carbocycles. The van der Waals surface area contributed by atoms with Gasteiger partial charge in [0.15, 0.2) is 0 Å². The highest BCUT2D eigenvalue weighted by Crippen LogP contribution is 2.16. The van der Waals surface area contributed by atoms with E-state index in [1.165, 1.54) is 5.56 Å². The van der Waals surface area contributed by atoms with Crippen LogP contribution in [0.5, 0.6) is 5.75 Å². The average molecular weight is 376 g/mol. The first-order valence-electron chi connectivity index (χ1n) is 7.85. The molecule has 1 N–H and O–H groups in total. The lowest BCUT2D eigenvalue weighted by Gasteiger charge is -2.13. The van der Waals surface area contributed by atoms with Gasteiger partial charge < -0.3 is 10.1 Å². The van der Waals surface area contributed by atoms with Crippen LogP contribution in [-0.2, 0) is 4.79 Å². The molecule has 0 saturated heterocycles. The molecule has 0 saturated carbocycles. The van der Waals surface area contributed by atoms with Gasteiger partial charge in [0.25, 0.3) is 0 Å². The molecule has 0 aliphatic heterocycles. The van der Waals surface area contributed by atoms with Crippen LogP contribution in [0.25, 0.3) is 0 Å². The van der Waals surface area contributed by atoms with Crippen molar-refractivity contribution in [3.63, 3.8) is 0 Å². The van der Waals surface area contributed by atoms with Gasteiger partial charge in [-0.25, -0.2) is 0 Å². The summed E-state index contributed by atoms with van der Waals surface area (Å²) in [6.45, 7) is 3.33. The maximum absolute atomic E-state index is 11.9. The van der Waals surface area contributed by atoms with Crippen molar-refractivity contribution in [1.29, 1.82) is 0 Å². The molecule has 23 heavy (non-hydrogen) atoms. The topological polar surface area (TPSA) is 38.3 Å². The van der Waals surface area contributed by atoms with Crippen LogP contribution in [0.2, 0.25) is 0 Å². The number of carbonyl (C=O) groups excluding carboxylic acids is 1. The van der Waals surface area contributed by atoms with Crippen molar-refractivity contribution in [3.8, 4) is 5.75 Å². The summed E-state index contributed by atoms with van der Waals surface area (Å²) in [7, 11) is 0. The summed E-state index contributed by atoms with van der Waals surface area (Å²) >= 11 is 3.38. The molecule has 0 radical (unpaired) electrons. The molecule has 0 bridgehead atoms. The van der Waals surface area contributed by atoms with Crippen LogP contribution in [0.3, 0.4) is 0 Å². The zero-order valence-electron chi connectivity index (χ0n) is 13.3. The summed E-state index contributed by atoms with van der Waals surface area (Å²) in [6, 6.07) is 17.9. The second kappa shape index (κ2) is 9.36. The molecular formula is C19H22BrNO2. The van der Waals surface area contributed by atoms with Crippen LogP contribution in [0.15, 0.2) is 59.1 Å². The van der Waals surface area contributed by atoms with E-state index in [-0.39, 0.29) is 5.91 Å². The molecule has 0 unspecified atom stereocenters. The third kappa shape index (κ3) is 6.45. The molecule has 0 fully saturated rings. The summed E-state index contributed by atoms with van der Waals surface area (Å²) < 4.78 is 6.63. The molecule has 1 amide bonds. The fourth-order valence-corrected chi connectivity index (χ4v) is 2.47. The minimum absolute atomic E-state index is 0.0761. The fraction of sp³-hybridized carbons (Fsp3) is 0.316. The van der Waals surface area contributed by atoms with Crippen molar-refractivity contribution in [1.82, 2.24) is 5.32 Å². The number of nitrogens with one attached hydrogen (secondary N) is 1. The Labute approximate surface area is 146 Å². The maximum Gasteiger partial charge on any atom is 0.220 e. The number of carbonyl (C=O) groups is 1. The molecule has 2 aromatic rings. The second-order valence-corrected chi connectivity index (χ2v) is 6.44. The molecule has 2 rings (SSSR count). The van der Waals surface area contributed by atoms with Gasteiger partial charge in [-0.3, -0.25) is 4.79 Å². The van der Waals surface area contributed by atoms with E-state index >= 15 is 0 Å². The summed E-state index contributed by atoms with van der Waals surface area (Å²) in [5.74, 6) is 1.22. The van der Waals surface area contributed by atoms with E-state index in [0.29, 0.717) is 31.9 Å². The zero-order chi connectivity index (χ0) is 16.5. The molecule has 0 aromatic heterocycles.